The summed E-state index contributed by atoms with van der Waals surface area (Å²) in [5.74, 6) is 0.0789. The predicted molar refractivity (Wildman–Crippen MR) is 47.0 cm³/mol. The number of carbonyl (C=O) groups excluding carboxylic acids is 1. The third-order valence-corrected chi connectivity index (χ3v) is 3.73. The molecule has 13 heavy (non-hydrogen) atoms. The normalized spacial score (nSPS) is 13.5. The second-order valence-electron chi connectivity index (χ2n) is 2.63. The Morgan fingerprint density at radius 3 is 2.23 bits per heavy atom. The van der Waals surface area contributed by atoms with Gasteiger partial charge in [0.1, 0.15) is 0 Å². The molecule has 1 radical (unpaired) electrons. The van der Waals surface area contributed by atoms with Gasteiger partial charge in [0, 0.05) is 32.7 Å². The van der Waals surface area contributed by atoms with Crippen LogP contribution in [0.2, 0.25) is 0 Å². The number of hydrogen-bond donors (Lipinski definition) is 0. The molecule has 0 heterocycles. The molecule has 0 saturated heterocycles. The summed E-state index contributed by atoms with van der Waals surface area (Å²) in [5.41, 5.74) is 0. The van der Waals surface area contributed by atoms with Crippen LogP contribution >= 0.6 is 0 Å². The Kier molecular flexibility index (Phi) is 8.73. The van der Waals surface area contributed by atoms with Gasteiger partial charge in [-0.3, -0.25) is 0 Å². The molecule has 0 aromatic heterocycles. The quantitative estimate of drug-likeness (QED) is 0.674. The van der Waals surface area contributed by atoms with Gasteiger partial charge >= 0.3 is 0 Å². The van der Waals surface area contributed by atoms with E-state index in [4.69, 9.17) is 0 Å². The Bertz CT molecular complexity index is 240. The van der Waals surface area contributed by atoms with E-state index in [1.54, 1.807) is 13.2 Å². The minimum absolute atomic E-state index is 0. The van der Waals surface area contributed by atoms with Crippen LogP contribution in [0, 0.1) is 0 Å². The van der Waals surface area contributed by atoms with Gasteiger partial charge in [-0.25, -0.2) is 19.0 Å². The Morgan fingerprint density at radius 1 is 1.46 bits per heavy atom. The summed E-state index contributed by atoms with van der Waals surface area (Å²) in [6, 6.07) is -0.693. The minimum atomic E-state index is -3.25. The van der Waals surface area contributed by atoms with E-state index in [2.05, 4.69) is 0 Å². The van der Waals surface area contributed by atoms with Crippen molar-refractivity contribution in [3.63, 3.8) is 0 Å². The van der Waals surface area contributed by atoms with E-state index in [0.717, 1.165) is 4.31 Å². The van der Waals surface area contributed by atoms with E-state index >= 15 is 0 Å². The van der Waals surface area contributed by atoms with E-state index in [1.807, 2.05) is 0 Å². The van der Waals surface area contributed by atoms with Gasteiger partial charge in [0.2, 0.25) is 10.0 Å². The Labute approximate surface area is 105 Å². The monoisotopic (exact) mass is 281 g/mol. The largest absolute Gasteiger partial charge is 0.540 e. The van der Waals surface area contributed by atoms with E-state index in [-0.39, 0.29) is 38.5 Å². The predicted octanol–water partition coefficient (Wildman–Crippen LogP) is 0.154. The molecule has 0 amide bonds. The third-order valence-electron chi connectivity index (χ3n) is 1.62. The molecule has 0 aliphatic carbocycles. The molecule has 0 aromatic carbocycles. The SMILES string of the molecule is CCCS(=O)(=O)N(C)C(C)[C-]=O.[Y]. The van der Waals surface area contributed by atoms with Crippen LogP contribution in [0.5, 0.6) is 0 Å². The molecule has 0 fully saturated rings. The number of nitrogens with zero attached hydrogens (tertiary/aromatic N) is 1. The molecule has 0 spiro atoms. The average molecular weight is 281 g/mol. The fraction of sp³-hybridized carbons (Fsp3) is 0.857. The van der Waals surface area contributed by atoms with Crippen molar-refractivity contribution in [1.29, 1.82) is 0 Å². The maximum Gasteiger partial charge on any atom is 0.211 e. The smallest absolute Gasteiger partial charge is 0.211 e. The second kappa shape index (κ2) is 7.04. The first-order valence-electron chi connectivity index (χ1n) is 3.79. The molecular formula is C7H14NO3SY-. The second-order valence-corrected chi connectivity index (χ2v) is 4.77. The van der Waals surface area contributed by atoms with Crippen molar-refractivity contribution >= 4 is 16.3 Å². The molecule has 0 aliphatic rings. The summed E-state index contributed by atoms with van der Waals surface area (Å²) in [6.07, 6.45) is 2.18. The Morgan fingerprint density at radius 2 is 1.92 bits per heavy atom. The summed E-state index contributed by atoms with van der Waals surface area (Å²) < 4.78 is 23.6. The zero-order chi connectivity index (χ0) is 9.78. The zero-order valence-electron chi connectivity index (χ0n) is 8.15. The fourth-order valence-corrected chi connectivity index (χ4v) is 2.05. The minimum Gasteiger partial charge on any atom is -0.540 e. The van der Waals surface area contributed by atoms with Crippen LogP contribution in [0.4, 0.5) is 0 Å². The maximum absolute atomic E-state index is 11.3. The topological polar surface area (TPSA) is 54.5 Å². The summed E-state index contributed by atoms with van der Waals surface area (Å²) in [6.45, 7) is 3.28. The summed E-state index contributed by atoms with van der Waals surface area (Å²) in [4.78, 5) is 10.2. The molecule has 75 valence electrons. The van der Waals surface area contributed by atoms with Crippen molar-refractivity contribution in [3.05, 3.63) is 0 Å². The molecule has 0 aromatic rings. The van der Waals surface area contributed by atoms with E-state index < -0.39 is 16.1 Å². The van der Waals surface area contributed by atoms with Crippen molar-refractivity contribution in [2.24, 2.45) is 0 Å². The van der Waals surface area contributed by atoms with E-state index in [1.165, 1.54) is 14.0 Å². The average Bonchev–Trinajstić information content (AvgIpc) is 2.01. The summed E-state index contributed by atoms with van der Waals surface area (Å²) in [5, 5.41) is 0. The molecule has 1 unspecified atom stereocenters. The van der Waals surface area contributed by atoms with E-state index in [0.29, 0.717) is 6.42 Å². The van der Waals surface area contributed by atoms with Crippen LogP contribution in [-0.4, -0.2) is 37.9 Å². The van der Waals surface area contributed by atoms with Crippen LogP contribution in [0.15, 0.2) is 0 Å². The standard InChI is InChI=1S/C7H14NO3S.Y/c1-4-5-12(10,11)8(3)7(2)6-9;/h7H,4-5H2,1-3H3;/q-1;. The first kappa shape index (κ1) is 16.1. The first-order chi connectivity index (χ1) is 5.45. The zero-order valence-corrected chi connectivity index (χ0v) is 11.8. The first-order valence-corrected chi connectivity index (χ1v) is 5.40. The van der Waals surface area contributed by atoms with E-state index in [9.17, 15) is 13.2 Å². The van der Waals surface area contributed by atoms with Crippen LogP contribution in [0.3, 0.4) is 0 Å². The number of rotatable bonds is 5. The molecular weight excluding hydrogens is 267 g/mol. The van der Waals surface area contributed by atoms with Crippen molar-refractivity contribution < 1.29 is 45.9 Å². The van der Waals surface area contributed by atoms with Crippen LogP contribution in [0.25, 0.3) is 0 Å². The van der Waals surface area contributed by atoms with Crippen molar-refractivity contribution in [3.8, 4) is 0 Å². The number of likely N-dealkylation sites (N-methyl/N-ethyl adjacent to an activating group) is 1. The van der Waals surface area contributed by atoms with Gasteiger partial charge in [-0.05, 0) is 13.5 Å². The van der Waals surface area contributed by atoms with Gasteiger partial charge in [0.25, 0.3) is 0 Å². The molecule has 0 saturated carbocycles. The van der Waals surface area contributed by atoms with Crippen molar-refractivity contribution in [2.45, 2.75) is 26.3 Å². The number of hydrogen-bond acceptors (Lipinski definition) is 3. The van der Waals surface area contributed by atoms with Gasteiger partial charge < -0.3 is 4.79 Å². The van der Waals surface area contributed by atoms with Gasteiger partial charge in [-0.15, -0.1) is 0 Å². The summed E-state index contributed by atoms with van der Waals surface area (Å²) >= 11 is 0. The molecule has 0 N–H and O–H groups in total. The van der Waals surface area contributed by atoms with Crippen molar-refractivity contribution in [2.75, 3.05) is 12.8 Å². The molecule has 1 atom stereocenters. The van der Waals surface area contributed by atoms with Gasteiger partial charge in [0.05, 0.1) is 5.75 Å². The summed E-state index contributed by atoms with van der Waals surface area (Å²) in [7, 11) is -1.86. The maximum atomic E-state index is 11.3. The fourth-order valence-electron chi connectivity index (χ4n) is 0.717. The van der Waals surface area contributed by atoms with Crippen LogP contribution < -0.4 is 0 Å². The van der Waals surface area contributed by atoms with Crippen molar-refractivity contribution in [1.82, 2.24) is 4.31 Å². The van der Waals surface area contributed by atoms with Gasteiger partial charge in [-0.2, -0.15) is 0 Å². The molecule has 6 heteroatoms. The Balaban J connectivity index is 0. The van der Waals surface area contributed by atoms with Gasteiger partial charge in [-0.1, -0.05) is 19.9 Å². The molecule has 0 rings (SSSR count). The third kappa shape index (κ3) is 5.20. The van der Waals surface area contributed by atoms with Crippen LogP contribution in [0.1, 0.15) is 20.3 Å². The Hall–Kier alpha value is 0.684. The molecule has 0 bridgehead atoms. The molecule has 4 nitrogen and oxygen atoms in total. The molecule has 0 aliphatic heterocycles. The van der Waals surface area contributed by atoms with Crippen LogP contribution in [-0.2, 0) is 47.5 Å². The van der Waals surface area contributed by atoms with Gasteiger partial charge in [0.15, 0.2) is 0 Å². The number of sulfonamides is 1.